The van der Waals surface area contributed by atoms with Gasteiger partial charge in [0.1, 0.15) is 12.2 Å². The molecular weight excluding hydrogens is 703 g/mol. The normalized spacial score (nSPS) is 12.5. The van der Waals surface area contributed by atoms with Crippen LogP contribution >= 0.6 is 0 Å². The Morgan fingerprint density at radius 1 is 0.393 bits per heavy atom. The summed E-state index contributed by atoms with van der Waals surface area (Å²) in [6.45, 7) is 12.7. The molecule has 1 N–H and O–H groups in total. The maximum absolute atomic E-state index is 12.4. The molecule has 0 bridgehead atoms. The van der Waals surface area contributed by atoms with Crippen LogP contribution in [0.15, 0.2) is 0 Å². The fourth-order valence-corrected chi connectivity index (χ4v) is 7.49. The summed E-state index contributed by atoms with van der Waals surface area (Å²) < 4.78 is 22.5. The molecule has 0 rings (SSSR count). The van der Waals surface area contributed by atoms with Crippen molar-refractivity contribution in [3.8, 4) is 0 Å². The molecule has 0 saturated carbocycles. The smallest absolute Gasteiger partial charge is 0.434 e. The second kappa shape index (κ2) is 44.6. The molecule has 0 aliphatic heterocycles. The minimum absolute atomic E-state index is 0.00770. The number of aliphatic hydroxyl groups is 1. The van der Waals surface area contributed by atoms with Crippen molar-refractivity contribution >= 4 is 12.3 Å². The molecule has 0 saturated heterocycles. The van der Waals surface area contributed by atoms with Crippen LogP contribution in [0.1, 0.15) is 246 Å². The molecule has 0 aromatic carbocycles. The van der Waals surface area contributed by atoms with Crippen LogP contribution in [0.4, 0.5) is 9.59 Å². The van der Waals surface area contributed by atoms with Crippen LogP contribution in [0, 0.1) is 0 Å². The predicted molar refractivity (Wildman–Crippen MR) is 236 cm³/mol. The minimum atomic E-state index is -0.486. The van der Waals surface area contributed by atoms with E-state index in [4.69, 9.17) is 18.9 Å². The van der Waals surface area contributed by atoms with Crippen molar-refractivity contribution in [3.05, 3.63) is 0 Å². The Bertz CT molecular complexity index is 750. The highest BCUT2D eigenvalue weighted by atomic mass is 16.7. The Morgan fingerprint density at radius 2 is 0.679 bits per heavy atom. The van der Waals surface area contributed by atoms with Gasteiger partial charge in [0.25, 0.3) is 0 Å². The first-order chi connectivity index (χ1) is 27.5. The molecule has 2 unspecified atom stereocenters. The summed E-state index contributed by atoms with van der Waals surface area (Å²) in [6, 6.07) is 0. The summed E-state index contributed by atoms with van der Waals surface area (Å²) >= 11 is 0. The van der Waals surface area contributed by atoms with Crippen molar-refractivity contribution < 1.29 is 33.6 Å². The zero-order chi connectivity index (χ0) is 41.0. The molecule has 8 nitrogen and oxygen atoms in total. The standard InChI is InChI=1S/C48H95NO7/c1-5-9-13-17-21-29-37-45(35-27-15-11-7-3)55-47(51)53-43-33-25-19-23-31-39-49(41-42-50)40-32-24-20-26-34-44-54-48(52)56-46(36-28-16-12-8-4)38-30-22-18-14-10-6-2/h45-46,50H,5-44H2,1-4H3. The van der Waals surface area contributed by atoms with E-state index in [0.717, 1.165) is 135 Å². The first-order valence-electron chi connectivity index (χ1n) is 24.5. The van der Waals surface area contributed by atoms with E-state index in [1.165, 1.54) is 103 Å². The molecular formula is C48H95NO7. The minimum Gasteiger partial charge on any atom is -0.434 e. The zero-order valence-electron chi connectivity index (χ0n) is 37.8. The van der Waals surface area contributed by atoms with Crippen LogP contribution in [0.25, 0.3) is 0 Å². The van der Waals surface area contributed by atoms with Crippen LogP contribution in [-0.2, 0) is 18.9 Å². The second-order valence-corrected chi connectivity index (χ2v) is 16.6. The quantitative estimate of drug-likeness (QED) is 0.0481. The number of carbonyl (C=O) groups excluding carboxylic acids is 2. The molecule has 0 amide bonds. The molecule has 0 spiro atoms. The number of rotatable bonds is 44. The van der Waals surface area contributed by atoms with E-state index in [1.54, 1.807) is 0 Å². The van der Waals surface area contributed by atoms with E-state index in [2.05, 4.69) is 32.6 Å². The van der Waals surface area contributed by atoms with Gasteiger partial charge in [-0.3, -0.25) is 0 Å². The Kier molecular flexibility index (Phi) is 43.3. The third-order valence-corrected chi connectivity index (χ3v) is 11.1. The number of hydrogen-bond acceptors (Lipinski definition) is 8. The van der Waals surface area contributed by atoms with Gasteiger partial charge in [0, 0.05) is 6.54 Å². The average Bonchev–Trinajstić information content (AvgIpc) is 3.19. The highest BCUT2D eigenvalue weighted by Gasteiger charge is 2.17. The van der Waals surface area contributed by atoms with Gasteiger partial charge in [0.15, 0.2) is 0 Å². The molecule has 0 aromatic heterocycles. The lowest BCUT2D eigenvalue weighted by atomic mass is 10.0. The predicted octanol–water partition coefficient (Wildman–Crippen LogP) is 14.7. The Balaban J connectivity index is 4.06. The first kappa shape index (κ1) is 54.5. The van der Waals surface area contributed by atoms with Crippen molar-refractivity contribution in [2.45, 2.75) is 258 Å². The topological polar surface area (TPSA) is 94.5 Å². The zero-order valence-corrected chi connectivity index (χ0v) is 37.8. The Labute approximate surface area is 347 Å². The van der Waals surface area contributed by atoms with Crippen LogP contribution in [0.5, 0.6) is 0 Å². The average molecular weight is 798 g/mol. The molecule has 2 atom stereocenters. The van der Waals surface area contributed by atoms with E-state index in [-0.39, 0.29) is 18.8 Å². The van der Waals surface area contributed by atoms with Crippen LogP contribution in [0.3, 0.4) is 0 Å². The summed E-state index contributed by atoms with van der Waals surface area (Å²) in [6.07, 6.45) is 38.0. The fraction of sp³-hybridized carbons (Fsp3) is 0.958. The summed E-state index contributed by atoms with van der Waals surface area (Å²) in [5, 5.41) is 9.58. The van der Waals surface area contributed by atoms with Crippen LogP contribution in [0.2, 0.25) is 0 Å². The van der Waals surface area contributed by atoms with E-state index in [9.17, 15) is 14.7 Å². The highest BCUT2D eigenvalue weighted by Crippen LogP contribution is 2.19. The van der Waals surface area contributed by atoms with E-state index >= 15 is 0 Å². The van der Waals surface area contributed by atoms with Gasteiger partial charge in [0.05, 0.1) is 19.8 Å². The van der Waals surface area contributed by atoms with Crippen molar-refractivity contribution in [1.29, 1.82) is 0 Å². The number of unbranched alkanes of at least 4 members (excludes halogenated alkanes) is 24. The van der Waals surface area contributed by atoms with Gasteiger partial charge in [-0.1, -0.05) is 169 Å². The molecule has 0 aliphatic carbocycles. The van der Waals surface area contributed by atoms with Crippen molar-refractivity contribution in [1.82, 2.24) is 4.90 Å². The van der Waals surface area contributed by atoms with Gasteiger partial charge in [-0.05, 0) is 90.1 Å². The first-order valence-corrected chi connectivity index (χ1v) is 24.5. The van der Waals surface area contributed by atoms with Crippen molar-refractivity contribution in [2.75, 3.05) is 39.5 Å². The molecule has 0 aliphatic rings. The summed E-state index contributed by atoms with van der Waals surface area (Å²) in [5.74, 6) is 0. The van der Waals surface area contributed by atoms with E-state index in [0.29, 0.717) is 13.2 Å². The molecule has 0 aromatic rings. The summed E-state index contributed by atoms with van der Waals surface area (Å²) in [5.41, 5.74) is 0. The third-order valence-electron chi connectivity index (χ3n) is 11.1. The van der Waals surface area contributed by atoms with Crippen LogP contribution in [-0.4, -0.2) is 74.0 Å². The Morgan fingerprint density at radius 3 is 1.02 bits per heavy atom. The van der Waals surface area contributed by atoms with Gasteiger partial charge in [0.2, 0.25) is 0 Å². The second-order valence-electron chi connectivity index (χ2n) is 16.6. The SMILES string of the molecule is CCCCCCCCC(CCCCCC)OC(=O)OCCCCCCCN(CCO)CCCCCCCOC(=O)OC(CCCCCC)CCCCCCCC. The monoisotopic (exact) mass is 798 g/mol. The summed E-state index contributed by atoms with van der Waals surface area (Å²) in [7, 11) is 0. The molecule has 56 heavy (non-hydrogen) atoms. The van der Waals surface area contributed by atoms with E-state index in [1.807, 2.05) is 0 Å². The van der Waals surface area contributed by atoms with Gasteiger partial charge >= 0.3 is 12.3 Å². The maximum Gasteiger partial charge on any atom is 0.508 e. The third kappa shape index (κ3) is 39.3. The number of ether oxygens (including phenoxy) is 4. The number of hydrogen-bond donors (Lipinski definition) is 1. The van der Waals surface area contributed by atoms with Crippen molar-refractivity contribution in [3.63, 3.8) is 0 Å². The fourth-order valence-electron chi connectivity index (χ4n) is 7.49. The molecule has 8 heteroatoms. The maximum atomic E-state index is 12.4. The summed E-state index contributed by atoms with van der Waals surface area (Å²) in [4.78, 5) is 27.2. The van der Waals surface area contributed by atoms with Gasteiger partial charge in [-0.2, -0.15) is 0 Å². The largest absolute Gasteiger partial charge is 0.508 e. The Hall–Kier alpha value is -1.54. The molecule has 0 radical (unpaired) electrons. The van der Waals surface area contributed by atoms with E-state index < -0.39 is 12.3 Å². The van der Waals surface area contributed by atoms with Gasteiger partial charge in [-0.15, -0.1) is 0 Å². The van der Waals surface area contributed by atoms with Crippen molar-refractivity contribution in [2.24, 2.45) is 0 Å². The lowest BCUT2D eigenvalue weighted by molar-refractivity contribution is 0.0145. The highest BCUT2D eigenvalue weighted by molar-refractivity contribution is 5.60. The van der Waals surface area contributed by atoms with Crippen LogP contribution < -0.4 is 0 Å². The molecule has 0 fully saturated rings. The lowest BCUT2D eigenvalue weighted by Crippen LogP contribution is -2.29. The number of carbonyl (C=O) groups is 2. The molecule has 0 heterocycles. The number of nitrogens with zero attached hydrogens (tertiary/aromatic N) is 1. The number of aliphatic hydroxyl groups excluding tert-OH is 1. The van der Waals surface area contributed by atoms with Gasteiger partial charge < -0.3 is 29.0 Å². The molecule has 334 valence electrons. The lowest BCUT2D eigenvalue weighted by Gasteiger charge is -2.21. The van der Waals surface area contributed by atoms with Gasteiger partial charge in [-0.25, -0.2) is 9.59 Å².